The molecule has 0 radical (unpaired) electrons. The largest absolute Gasteiger partial charge is 0.496 e. The molecule has 1 aliphatic heterocycles. The topological polar surface area (TPSA) is 59.0 Å². The number of methoxy groups -OCH3 is 1. The van der Waals surface area contributed by atoms with Crippen molar-refractivity contribution in [3.8, 4) is 5.75 Å². The van der Waals surface area contributed by atoms with Crippen LogP contribution in [0, 0.1) is 0 Å². The smallest absolute Gasteiger partial charge is 0.335 e. The molecule has 1 aromatic carbocycles. The van der Waals surface area contributed by atoms with Crippen molar-refractivity contribution in [3.63, 3.8) is 0 Å². The highest BCUT2D eigenvalue weighted by molar-refractivity contribution is 5.88. The second kappa shape index (κ2) is 6.72. The molecular formula is C15H21NO4. The first-order chi connectivity index (χ1) is 9.61. The Bertz CT molecular complexity index is 469. The molecule has 2 rings (SSSR count). The first-order valence-electron chi connectivity index (χ1n) is 6.80. The second-order valence-electron chi connectivity index (χ2n) is 5.09. The van der Waals surface area contributed by atoms with E-state index in [1.54, 1.807) is 25.3 Å². The van der Waals surface area contributed by atoms with Gasteiger partial charge >= 0.3 is 5.97 Å². The van der Waals surface area contributed by atoms with Crippen LogP contribution in [0.1, 0.15) is 28.8 Å². The predicted molar refractivity (Wildman–Crippen MR) is 75.3 cm³/mol. The normalized spacial score (nSPS) is 16.4. The van der Waals surface area contributed by atoms with Crippen LogP contribution >= 0.6 is 0 Å². The number of carboxylic acid groups (broad SMARTS) is 1. The van der Waals surface area contributed by atoms with E-state index in [-0.39, 0.29) is 0 Å². The van der Waals surface area contributed by atoms with E-state index in [0.29, 0.717) is 18.2 Å². The molecule has 1 aliphatic rings. The molecule has 0 atom stereocenters. The third-order valence-corrected chi connectivity index (χ3v) is 3.76. The number of nitrogens with zero attached hydrogens (tertiary/aromatic N) is 1. The number of benzene rings is 1. The van der Waals surface area contributed by atoms with E-state index >= 15 is 0 Å². The van der Waals surface area contributed by atoms with Gasteiger partial charge in [0.15, 0.2) is 0 Å². The lowest BCUT2D eigenvalue weighted by molar-refractivity contribution is 0.0405. The molecule has 1 heterocycles. The van der Waals surface area contributed by atoms with Crippen LogP contribution in [0.3, 0.4) is 0 Å². The van der Waals surface area contributed by atoms with Crippen molar-refractivity contribution in [2.24, 2.45) is 0 Å². The molecule has 1 aromatic rings. The average molecular weight is 279 g/mol. The number of carboxylic acids is 1. The van der Waals surface area contributed by atoms with E-state index < -0.39 is 5.97 Å². The predicted octanol–water partition coefficient (Wildman–Crippen LogP) is 2.00. The van der Waals surface area contributed by atoms with Crippen LogP contribution in [-0.4, -0.2) is 49.4 Å². The van der Waals surface area contributed by atoms with Gasteiger partial charge < -0.3 is 14.6 Å². The van der Waals surface area contributed by atoms with Gasteiger partial charge in [0.1, 0.15) is 5.75 Å². The Labute approximate surface area is 119 Å². The van der Waals surface area contributed by atoms with E-state index in [1.165, 1.54) is 0 Å². The summed E-state index contributed by atoms with van der Waals surface area (Å²) in [6.07, 6.45) is 2.02. The molecule has 20 heavy (non-hydrogen) atoms. The van der Waals surface area contributed by atoms with Gasteiger partial charge in [0.2, 0.25) is 0 Å². The molecule has 5 nitrogen and oxygen atoms in total. The summed E-state index contributed by atoms with van der Waals surface area (Å²) >= 11 is 0. The first kappa shape index (κ1) is 14.8. The molecule has 5 heteroatoms. The molecule has 1 N–H and O–H groups in total. The van der Waals surface area contributed by atoms with Gasteiger partial charge in [-0.2, -0.15) is 0 Å². The molecule has 0 unspecified atom stereocenters. The lowest BCUT2D eigenvalue weighted by atomic mass is 10.0. The maximum absolute atomic E-state index is 11.1. The van der Waals surface area contributed by atoms with Crippen LogP contribution in [0.5, 0.6) is 5.75 Å². The summed E-state index contributed by atoms with van der Waals surface area (Å²) in [4.78, 5) is 13.3. The number of rotatable bonds is 5. The summed E-state index contributed by atoms with van der Waals surface area (Å²) in [5.74, 6) is -0.184. The van der Waals surface area contributed by atoms with Crippen LogP contribution < -0.4 is 4.74 Å². The Morgan fingerprint density at radius 2 is 2.15 bits per heavy atom. The quantitative estimate of drug-likeness (QED) is 0.893. The molecule has 0 amide bonds. The Kier molecular flexibility index (Phi) is 4.98. The third-order valence-electron chi connectivity index (χ3n) is 3.76. The van der Waals surface area contributed by atoms with Crippen molar-refractivity contribution >= 4 is 5.97 Å². The number of ether oxygens (including phenoxy) is 2. The molecule has 110 valence electrons. The SMILES string of the molecule is COc1ccc(C(=O)O)cc1CN(C)C1CCOCC1. The van der Waals surface area contributed by atoms with Crippen LogP contribution in [0.25, 0.3) is 0 Å². The van der Waals surface area contributed by atoms with Gasteiger partial charge in [-0.15, -0.1) is 0 Å². The number of carbonyl (C=O) groups is 1. The zero-order valence-corrected chi connectivity index (χ0v) is 12.0. The van der Waals surface area contributed by atoms with Gasteiger partial charge in [0.05, 0.1) is 12.7 Å². The summed E-state index contributed by atoms with van der Waals surface area (Å²) in [5, 5.41) is 9.08. The van der Waals surface area contributed by atoms with E-state index in [4.69, 9.17) is 14.6 Å². The molecule has 1 fully saturated rings. The Morgan fingerprint density at radius 3 is 2.75 bits per heavy atom. The van der Waals surface area contributed by atoms with Crippen LogP contribution in [0.15, 0.2) is 18.2 Å². The highest BCUT2D eigenvalue weighted by atomic mass is 16.5. The van der Waals surface area contributed by atoms with E-state index in [9.17, 15) is 4.79 Å². The maximum Gasteiger partial charge on any atom is 0.335 e. The van der Waals surface area contributed by atoms with Gasteiger partial charge in [-0.1, -0.05) is 0 Å². The Balaban J connectivity index is 2.13. The molecule has 0 saturated carbocycles. The van der Waals surface area contributed by atoms with Crippen molar-refractivity contribution in [1.29, 1.82) is 0 Å². The van der Waals surface area contributed by atoms with Crippen molar-refractivity contribution in [1.82, 2.24) is 4.90 Å². The fraction of sp³-hybridized carbons (Fsp3) is 0.533. The lowest BCUT2D eigenvalue weighted by Gasteiger charge is -2.31. The number of hydrogen-bond donors (Lipinski definition) is 1. The van der Waals surface area contributed by atoms with Crippen molar-refractivity contribution < 1.29 is 19.4 Å². The van der Waals surface area contributed by atoms with Gasteiger partial charge in [-0.3, -0.25) is 4.90 Å². The van der Waals surface area contributed by atoms with Crippen molar-refractivity contribution in [2.45, 2.75) is 25.4 Å². The molecule has 0 aromatic heterocycles. The van der Waals surface area contributed by atoms with Gasteiger partial charge in [-0.25, -0.2) is 4.79 Å². The summed E-state index contributed by atoms with van der Waals surface area (Å²) in [6, 6.07) is 5.45. The Morgan fingerprint density at radius 1 is 1.45 bits per heavy atom. The number of hydrogen-bond acceptors (Lipinski definition) is 4. The molecule has 0 aliphatic carbocycles. The minimum atomic E-state index is -0.914. The van der Waals surface area contributed by atoms with Crippen molar-refractivity contribution in [3.05, 3.63) is 29.3 Å². The van der Waals surface area contributed by atoms with Gasteiger partial charge in [-0.05, 0) is 38.1 Å². The lowest BCUT2D eigenvalue weighted by Crippen LogP contribution is -2.36. The van der Waals surface area contributed by atoms with E-state index in [2.05, 4.69) is 11.9 Å². The molecule has 1 saturated heterocycles. The minimum Gasteiger partial charge on any atom is -0.496 e. The fourth-order valence-electron chi connectivity index (χ4n) is 2.56. The van der Waals surface area contributed by atoms with Crippen LogP contribution in [0.4, 0.5) is 0 Å². The summed E-state index contributed by atoms with van der Waals surface area (Å²) in [6.45, 7) is 2.26. The van der Waals surface area contributed by atoms with Crippen LogP contribution in [0.2, 0.25) is 0 Å². The Hall–Kier alpha value is -1.59. The molecule has 0 spiro atoms. The summed E-state index contributed by atoms with van der Waals surface area (Å²) < 4.78 is 10.7. The standard InChI is InChI=1S/C15H21NO4/c1-16(13-5-7-20-8-6-13)10-12-9-11(15(17)18)3-4-14(12)19-2/h3-4,9,13H,5-8,10H2,1-2H3,(H,17,18). The average Bonchev–Trinajstić information content (AvgIpc) is 2.48. The van der Waals surface area contributed by atoms with Crippen molar-refractivity contribution in [2.75, 3.05) is 27.4 Å². The monoisotopic (exact) mass is 279 g/mol. The summed E-state index contributed by atoms with van der Waals surface area (Å²) in [7, 11) is 3.66. The van der Waals surface area contributed by atoms with E-state index in [0.717, 1.165) is 37.4 Å². The second-order valence-corrected chi connectivity index (χ2v) is 5.09. The van der Waals surface area contributed by atoms with E-state index in [1.807, 2.05) is 0 Å². The fourth-order valence-corrected chi connectivity index (χ4v) is 2.56. The van der Waals surface area contributed by atoms with Crippen LogP contribution in [-0.2, 0) is 11.3 Å². The zero-order valence-electron chi connectivity index (χ0n) is 12.0. The van der Waals surface area contributed by atoms with Gasteiger partial charge in [0.25, 0.3) is 0 Å². The minimum absolute atomic E-state index is 0.293. The van der Waals surface area contributed by atoms with Gasteiger partial charge in [0, 0.05) is 31.4 Å². The maximum atomic E-state index is 11.1. The third kappa shape index (κ3) is 3.49. The molecule has 0 bridgehead atoms. The zero-order chi connectivity index (χ0) is 14.5. The summed E-state index contributed by atoms with van der Waals surface area (Å²) in [5.41, 5.74) is 1.20. The highest BCUT2D eigenvalue weighted by Crippen LogP contribution is 2.23. The number of aromatic carboxylic acids is 1. The first-order valence-corrected chi connectivity index (χ1v) is 6.80. The highest BCUT2D eigenvalue weighted by Gasteiger charge is 2.20. The molecular weight excluding hydrogens is 258 g/mol.